The van der Waals surface area contributed by atoms with Crippen LogP contribution >= 0.6 is 11.6 Å². The normalized spacial score (nSPS) is 20.8. The SMILES string of the molecule is CCCN1/C(=C/C=C2\CCCC(/C=C\C3=[N+](CCC)c4ccccc4C3(C)C)=C2Cl)C(C)(C)c2ccccc21.[O-][Cl+3]([O-])([O-])[O-]. The number of halogens is 2. The van der Waals surface area contributed by atoms with Crippen LogP contribution in [0.25, 0.3) is 0 Å². The summed E-state index contributed by atoms with van der Waals surface area (Å²) in [5.74, 6) is 0. The average molecular weight is 640 g/mol. The highest BCUT2D eigenvalue weighted by Gasteiger charge is 2.44. The van der Waals surface area contributed by atoms with E-state index in [1.165, 1.54) is 45.1 Å². The number of anilines is 1. The number of allylic oxidation sites excluding steroid dienone is 8. The molecular formula is C36H44Cl2N2O4. The monoisotopic (exact) mass is 638 g/mol. The molecule has 2 aliphatic heterocycles. The molecule has 0 radical (unpaired) electrons. The van der Waals surface area contributed by atoms with Gasteiger partial charge >= 0.3 is 0 Å². The van der Waals surface area contributed by atoms with Crippen molar-refractivity contribution in [3.8, 4) is 0 Å². The molecule has 0 unspecified atom stereocenters. The lowest BCUT2D eigenvalue weighted by Crippen LogP contribution is -2.68. The molecule has 3 aliphatic rings. The molecule has 5 rings (SSSR count). The highest BCUT2D eigenvalue weighted by molar-refractivity contribution is 6.32. The summed E-state index contributed by atoms with van der Waals surface area (Å²) in [4.78, 5) is 2.51. The molecule has 236 valence electrons. The molecule has 2 heterocycles. The number of fused-ring (bicyclic) bond motifs is 2. The van der Waals surface area contributed by atoms with Gasteiger partial charge in [-0.2, -0.15) is 4.58 Å². The molecule has 0 spiro atoms. The van der Waals surface area contributed by atoms with Crippen LogP contribution in [0.2, 0.25) is 0 Å². The number of benzene rings is 2. The molecule has 8 heteroatoms. The third-order valence-corrected chi connectivity index (χ3v) is 9.32. The van der Waals surface area contributed by atoms with E-state index >= 15 is 0 Å². The largest absolute Gasteiger partial charge is 0.344 e. The Morgan fingerprint density at radius 1 is 0.841 bits per heavy atom. The Bertz CT molecular complexity index is 1520. The van der Waals surface area contributed by atoms with Gasteiger partial charge in [0.15, 0.2) is 5.71 Å². The Hall–Kier alpha value is -2.71. The molecule has 2 aromatic carbocycles. The van der Waals surface area contributed by atoms with Crippen molar-refractivity contribution in [1.29, 1.82) is 0 Å². The first-order valence-corrected chi connectivity index (χ1v) is 17.0. The van der Waals surface area contributed by atoms with E-state index in [1.807, 2.05) is 0 Å². The maximum absolute atomic E-state index is 8.49. The Morgan fingerprint density at radius 3 is 2.14 bits per heavy atom. The van der Waals surface area contributed by atoms with Gasteiger partial charge in [-0.15, -0.1) is 10.2 Å². The molecule has 6 nitrogen and oxygen atoms in total. The molecule has 0 atom stereocenters. The van der Waals surface area contributed by atoms with Crippen molar-refractivity contribution in [2.24, 2.45) is 0 Å². The van der Waals surface area contributed by atoms with Crippen molar-refractivity contribution in [2.45, 2.75) is 84.5 Å². The van der Waals surface area contributed by atoms with Crippen molar-refractivity contribution >= 4 is 28.7 Å². The topological polar surface area (TPSA) is 98.5 Å². The minimum atomic E-state index is -4.94. The molecule has 44 heavy (non-hydrogen) atoms. The Labute approximate surface area is 269 Å². The summed E-state index contributed by atoms with van der Waals surface area (Å²) in [6, 6.07) is 17.7. The smallest absolute Gasteiger partial charge is 0.209 e. The van der Waals surface area contributed by atoms with Gasteiger partial charge in [-0.1, -0.05) is 87.8 Å². The van der Waals surface area contributed by atoms with Crippen molar-refractivity contribution in [3.63, 3.8) is 0 Å². The molecule has 0 saturated heterocycles. The lowest BCUT2D eigenvalue weighted by molar-refractivity contribution is -2.00. The Balaban J connectivity index is 0.000000818. The quantitative estimate of drug-likeness (QED) is 0.399. The van der Waals surface area contributed by atoms with Gasteiger partial charge in [-0.25, -0.2) is 18.6 Å². The van der Waals surface area contributed by atoms with Gasteiger partial charge in [-0.3, -0.25) is 0 Å². The summed E-state index contributed by atoms with van der Waals surface area (Å²) in [5.41, 5.74) is 10.7. The highest BCUT2D eigenvalue weighted by Crippen LogP contribution is 2.48. The number of hydrogen-bond acceptors (Lipinski definition) is 5. The molecule has 0 bridgehead atoms. The zero-order valence-corrected chi connectivity index (χ0v) is 28.2. The number of nitrogens with zero attached hydrogens (tertiary/aromatic N) is 2. The second-order valence-corrected chi connectivity index (χ2v) is 13.8. The van der Waals surface area contributed by atoms with E-state index in [1.54, 1.807) is 0 Å². The van der Waals surface area contributed by atoms with E-state index in [9.17, 15) is 0 Å². The summed E-state index contributed by atoms with van der Waals surface area (Å²) in [6.45, 7) is 16.0. The summed E-state index contributed by atoms with van der Waals surface area (Å²) in [5, 5.41) is 0.931. The van der Waals surface area contributed by atoms with E-state index in [2.05, 4.69) is 124 Å². The molecule has 2 aromatic rings. The van der Waals surface area contributed by atoms with Gasteiger partial charge in [0.05, 0.1) is 5.41 Å². The van der Waals surface area contributed by atoms with E-state index in [0.717, 1.165) is 50.2 Å². The second kappa shape index (κ2) is 13.7. The fourth-order valence-electron chi connectivity index (χ4n) is 6.78. The van der Waals surface area contributed by atoms with E-state index in [0.29, 0.717) is 0 Å². The van der Waals surface area contributed by atoms with Crippen LogP contribution in [0.1, 0.15) is 84.8 Å². The summed E-state index contributed by atoms with van der Waals surface area (Å²) in [7, 11) is -4.94. The zero-order chi connectivity index (χ0) is 32.3. The van der Waals surface area contributed by atoms with Crippen LogP contribution in [0.3, 0.4) is 0 Å². The fourth-order valence-corrected chi connectivity index (χ4v) is 7.09. The second-order valence-electron chi connectivity index (χ2n) is 12.6. The van der Waals surface area contributed by atoms with E-state index in [4.69, 9.17) is 30.2 Å². The van der Waals surface area contributed by atoms with Crippen LogP contribution in [0, 0.1) is 10.2 Å². The molecule has 0 saturated carbocycles. The summed E-state index contributed by atoms with van der Waals surface area (Å²) in [6.07, 6.45) is 14.7. The summed E-state index contributed by atoms with van der Waals surface area (Å²) < 4.78 is 36.5. The maximum atomic E-state index is 8.49. The van der Waals surface area contributed by atoms with Crippen molar-refractivity contribution in [3.05, 3.63) is 106 Å². The van der Waals surface area contributed by atoms with Gasteiger partial charge in [0.1, 0.15) is 6.54 Å². The first-order valence-electron chi connectivity index (χ1n) is 15.4. The third kappa shape index (κ3) is 7.23. The van der Waals surface area contributed by atoms with Crippen LogP contribution in [-0.2, 0) is 10.8 Å². The van der Waals surface area contributed by atoms with E-state index in [-0.39, 0.29) is 10.8 Å². The van der Waals surface area contributed by atoms with Gasteiger partial charge in [0, 0.05) is 52.5 Å². The summed E-state index contributed by atoms with van der Waals surface area (Å²) >= 11 is 7.13. The van der Waals surface area contributed by atoms with E-state index < -0.39 is 10.2 Å². The molecular weight excluding hydrogens is 595 g/mol. The minimum Gasteiger partial charge on any atom is -0.344 e. The van der Waals surface area contributed by atoms with Crippen LogP contribution in [0.15, 0.2) is 94.7 Å². The van der Waals surface area contributed by atoms with Gasteiger partial charge < -0.3 is 4.90 Å². The predicted octanol–water partition coefficient (Wildman–Crippen LogP) is 4.97. The first kappa shape index (κ1) is 34.2. The van der Waals surface area contributed by atoms with Crippen molar-refractivity contribution < 1.29 is 33.5 Å². The highest BCUT2D eigenvalue weighted by atomic mass is 35.7. The molecule has 1 aliphatic carbocycles. The van der Waals surface area contributed by atoms with Gasteiger partial charge in [0.25, 0.3) is 0 Å². The van der Waals surface area contributed by atoms with Crippen molar-refractivity contribution in [1.82, 2.24) is 0 Å². The average Bonchev–Trinajstić information content (AvgIpc) is 3.30. The molecule has 0 fully saturated rings. The third-order valence-electron chi connectivity index (χ3n) is 8.83. The standard InChI is InChI=1S/C36H44ClN2.ClHO4/c1-7-24-38-30-18-11-9-16-28(30)35(3,4)32(38)22-20-26-14-13-15-27(34(26)37)21-23-33-36(5,6)29-17-10-12-19-31(29)39(33)25-8-2;2-1(3,4)5/h9-12,16-23H,7-8,13-15,24-25H2,1-6H3;(H,2,3,4,5)/q+1;/p-1. The van der Waals surface area contributed by atoms with Crippen LogP contribution < -0.4 is 23.5 Å². The van der Waals surface area contributed by atoms with Crippen molar-refractivity contribution in [2.75, 3.05) is 18.0 Å². The first-order chi connectivity index (χ1) is 20.7. The zero-order valence-electron chi connectivity index (χ0n) is 26.7. The fraction of sp³-hybridized carbons (Fsp3) is 0.417. The van der Waals surface area contributed by atoms with Crippen LogP contribution in [0.5, 0.6) is 0 Å². The molecule has 0 amide bonds. The number of rotatable bonds is 7. The maximum Gasteiger partial charge on any atom is 0.209 e. The number of hydrogen-bond donors (Lipinski definition) is 0. The lowest BCUT2D eigenvalue weighted by Gasteiger charge is -2.27. The Morgan fingerprint density at radius 2 is 1.48 bits per heavy atom. The predicted molar refractivity (Wildman–Crippen MR) is 169 cm³/mol. The van der Waals surface area contributed by atoms with Crippen LogP contribution in [0.4, 0.5) is 11.4 Å². The van der Waals surface area contributed by atoms with Crippen LogP contribution in [-0.4, -0.2) is 23.4 Å². The number of para-hydroxylation sites is 2. The molecule has 0 N–H and O–H groups in total. The van der Waals surface area contributed by atoms with Gasteiger partial charge in [-0.05, 0) is 68.4 Å². The Kier molecular flexibility index (Phi) is 10.7. The lowest BCUT2D eigenvalue weighted by atomic mass is 9.81. The van der Waals surface area contributed by atoms with Gasteiger partial charge in [0.2, 0.25) is 5.69 Å². The minimum absolute atomic E-state index is 0.0289. The molecule has 0 aromatic heterocycles.